The number of aryl methyl sites for hydroxylation is 1. The van der Waals surface area contributed by atoms with Crippen molar-refractivity contribution >= 4 is 0 Å². The van der Waals surface area contributed by atoms with E-state index in [-0.39, 0.29) is 22.7 Å². The molecule has 5 nitrogen and oxygen atoms in total. The van der Waals surface area contributed by atoms with E-state index in [1.165, 1.54) is 5.56 Å². The third-order valence-electron chi connectivity index (χ3n) is 6.89. The van der Waals surface area contributed by atoms with Gasteiger partial charge in [-0.3, -0.25) is 0 Å². The van der Waals surface area contributed by atoms with Gasteiger partial charge >= 0.3 is 0 Å². The van der Waals surface area contributed by atoms with Gasteiger partial charge in [-0.05, 0) is 105 Å². The summed E-state index contributed by atoms with van der Waals surface area (Å²) >= 11 is 0. The van der Waals surface area contributed by atoms with Gasteiger partial charge < -0.3 is 26.0 Å². The molecule has 5 heteroatoms. The average molecular weight is 491 g/mol. The number of nitrogens with one attached hydrogen (secondary N) is 2. The first-order valence-electron chi connectivity index (χ1n) is 13.1. The second kappa shape index (κ2) is 13.9. The van der Waals surface area contributed by atoms with Crippen molar-refractivity contribution in [3.63, 3.8) is 0 Å². The Kier molecular flexibility index (Phi) is 10.6. The van der Waals surface area contributed by atoms with Gasteiger partial charge in [0.1, 0.15) is 5.75 Å². The number of hydrogen-bond acceptors (Lipinski definition) is 5. The molecule has 3 aromatic rings. The molecule has 0 aromatic heterocycles. The number of benzene rings is 3. The molecule has 0 heterocycles. The van der Waals surface area contributed by atoms with E-state index >= 15 is 0 Å². The predicted octanol–water partition coefficient (Wildman–Crippen LogP) is 5.36. The highest BCUT2D eigenvalue weighted by molar-refractivity contribution is 5.49. The number of rotatable bonds is 15. The van der Waals surface area contributed by atoms with Crippen LogP contribution in [0.5, 0.6) is 17.2 Å². The van der Waals surface area contributed by atoms with Crippen LogP contribution < -0.4 is 10.6 Å². The zero-order valence-corrected chi connectivity index (χ0v) is 21.8. The minimum absolute atomic E-state index is 0.0337. The van der Waals surface area contributed by atoms with Gasteiger partial charge in [-0.15, -0.1) is 0 Å². The molecule has 0 unspecified atom stereocenters. The summed E-state index contributed by atoms with van der Waals surface area (Å²) < 4.78 is 0. The van der Waals surface area contributed by atoms with Crippen LogP contribution in [0, 0.1) is 5.41 Å². The van der Waals surface area contributed by atoms with E-state index in [1.807, 2.05) is 18.2 Å². The summed E-state index contributed by atoms with van der Waals surface area (Å²) in [4.78, 5) is 0. The molecule has 0 atom stereocenters. The number of phenols is 3. The second-order valence-corrected chi connectivity index (χ2v) is 10.4. The number of aromatic hydroxyl groups is 3. The lowest BCUT2D eigenvalue weighted by atomic mass is 9.85. The normalized spacial score (nSPS) is 11.6. The summed E-state index contributed by atoms with van der Waals surface area (Å²) in [7, 11) is 0. The molecule has 0 spiro atoms. The molecule has 0 radical (unpaired) electrons. The Morgan fingerprint density at radius 2 is 1.31 bits per heavy atom. The molecule has 0 amide bonds. The van der Waals surface area contributed by atoms with E-state index in [4.69, 9.17) is 0 Å². The second-order valence-electron chi connectivity index (χ2n) is 10.4. The van der Waals surface area contributed by atoms with Crippen molar-refractivity contribution < 1.29 is 15.3 Å². The van der Waals surface area contributed by atoms with Crippen LogP contribution in [0.3, 0.4) is 0 Å². The molecule has 194 valence electrons. The fraction of sp³-hybridized carbons (Fsp3) is 0.419. The standard InChI is InChI=1S/C31H42N2O3/c1-31(2,17-21-32-19-15-24-7-4-3-5-8-24)18-22-33-20-16-26-12-14-29(35)30(36)28(26)13-11-25-9-6-10-27(34)23-25/h3-10,12,14,23,32-36H,11,13,15-22H2,1-2H3. The Hall–Kier alpha value is -3.02. The Balaban J connectivity index is 1.37. The maximum Gasteiger partial charge on any atom is 0.160 e. The lowest BCUT2D eigenvalue weighted by Gasteiger charge is -2.25. The van der Waals surface area contributed by atoms with Gasteiger partial charge in [-0.2, -0.15) is 0 Å². The first-order chi connectivity index (χ1) is 17.3. The first kappa shape index (κ1) is 27.6. The molecule has 0 saturated heterocycles. The fourth-order valence-electron chi connectivity index (χ4n) is 4.49. The van der Waals surface area contributed by atoms with Gasteiger partial charge in [0.15, 0.2) is 11.5 Å². The zero-order valence-electron chi connectivity index (χ0n) is 21.8. The third-order valence-corrected chi connectivity index (χ3v) is 6.89. The molecule has 0 aliphatic rings. The van der Waals surface area contributed by atoms with Crippen LogP contribution in [0.4, 0.5) is 0 Å². The van der Waals surface area contributed by atoms with Crippen molar-refractivity contribution in [1.29, 1.82) is 0 Å². The van der Waals surface area contributed by atoms with Gasteiger partial charge in [0.2, 0.25) is 0 Å². The lowest BCUT2D eigenvalue weighted by Crippen LogP contribution is -2.28. The van der Waals surface area contributed by atoms with E-state index < -0.39 is 0 Å². The maximum atomic E-state index is 10.5. The van der Waals surface area contributed by atoms with Crippen LogP contribution in [0.1, 0.15) is 48.9 Å². The molecule has 0 aliphatic heterocycles. The van der Waals surface area contributed by atoms with Gasteiger partial charge in [-0.1, -0.05) is 62.4 Å². The molecule has 0 fully saturated rings. The van der Waals surface area contributed by atoms with Crippen molar-refractivity contribution in [3.8, 4) is 17.2 Å². The minimum atomic E-state index is -0.0863. The van der Waals surface area contributed by atoms with Gasteiger partial charge in [-0.25, -0.2) is 0 Å². The third kappa shape index (κ3) is 9.21. The van der Waals surface area contributed by atoms with Crippen LogP contribution >= 0.6 is 0 Å². The Morgan fingerprint density at radius 1 is 0.639 bits per heavy atom. The highest BCUT2D eigenvalue weighted by atomic mass is 16.3. The molecule has 0 aliphatic carbocycles. The molecule has 3 rings (SSSR count). The summed E-state index contributed by atoms with van der Waals surface area (Å²) in [6.45, 7) is 8.44. The average Bonchev–Trinajstić information content (AvgIpc) is 2.86. The van der Waals surface area contributed by atoms with Crippen molar-refractivity contribution in [2.45, 2.75) is 52.4 Å². The van der Waals surface area contributed by atoms with Crippen LogP contribution in [0.25, 0.3) is 0 Å². The quantitative estimate of drug-likeness (QED) is 0.146. The maximum absolute atomic E-state index is 10.5. The van der Waals surface area contributed by atoms with Crippen molar-refractivity contribution in [1.82, 2.24) is 10.6 Å². The zero-order chi connectivity index (χ0) is 25.8. The molecule has 36 heavy (non-hydrogen) atoms. The summed E-state index contributed by atoms with van der Waals surface area (Å²) in [6, 6.07) is 21.2. The molecule has 5 N–H and O–H groups in total. The predicted molar refractivity (Wildman–Crippen MR) is 148 cm³/mol. The van der Waals surface area contributed by atoms with Crippen molar-refractivity contribution in [2.24, 2.45) is 5.41 Å². The summed E-state index contributed by atoms with van der Waals surface area (Å²) in [6.07, 6.45) is 5.35. The summed E-state index contributed by atoms with van der Waals surface area (Å²) in [5.74, 6) is 0.119. The molecular formula is C31H42N2O3. The lowest BCUT2D eigenvalue weighted by molar-refractivity contribution is 0.297. The molecule has 3 aromatic carbocycles. The number of phenolic OH excluding ortho intramolecular Hbond substituents is 3. The molecule has 0 saturated carbocycles. The largest absolute Gasteiger partial charge is 0.508 e. The van der Waals surface area contributed by atoms with Crippen LogP contribution in [0.2, 0.25) is 0 Å². The Morgan fingerprint density at radius 3 is 2.00 bits per heavy atom. The smallest absolute Gasteiger partial charge is 0.160 e. The highest BCUT2D eigenvalue weighted by Crippen LogP contribution is 2.33. The molecular weight excluding hydrogens is 448 g/mol. The monoisotopic (exact) mass is 490 g/mol. The fourth-order valence-corrected chi connectivity index (χ4v) is 4.49. The molecule has 0 bridgehead atoms. The van der Waals surface area contributed by atoms with Crippen LogP contribution in [-0.2, 0) is 25.7 Å². The first-order valence-corrected chi connectivity index (χ1v) is 13.1. The summed E-state index contributed by atoms with van der Waals surface area (Å²) in [5, 5.41) is 37.3. The minimum Gasteiger partial charge on any atom is -0.508 e. The van der Waals surface area contributed by atoms with E-state index in [2.05, 4.69) is 54.8 Å². The topological polar surface area (TPSA) is 84.8 Å². The summed E-state index contributed by atoms with van der Waals surface area (Å²) in [5.41, 5.74) is 4.45. The van der Waals surface area contributed by atoms with Crippen LogP contribution in [0.15, 0.2) is 66.7 Å². The van der Waals surface area contributed by atoms with E-state index in [0.29, 0.717) is 12.8 Å². The highest BCUT2D eigenvalue weighted by Gasteiger charge is 2.17. The Bertz CT molecular complexity index is 1070. The van der Waals surface area contributed by atoms with E-state index in [9.17, 15) is 15.3 Å². The Labute approximate surface area is 216 Å². The number of hydrogen-bond donors (Lipinski definition) is 5. The van der Waals surface area contributed by atoms with Gasteiger partial charge in [0, 0.05) is 5.56 Å². The van der Waals surface area contributed by atoms with E-state index in [1.54, 1.807) is 18.2 Å². The van der Waals surface area contributed by atoms with Crippen molar-refractivity contribution in [3.05, 3.63) is 89.0 Å². The van der Waals surface area contributed by atoms with Gasteiger partial charge in [0.25, 0.3) is 0 Å². The van der Waals surface area contributed by atoms with Crippen molar-refractivity contribution in [2.75, 3.05) is 26.2 Å². The SMILES string of the molecule is CC(C)(CCNCCc1ccccc1)CCNCCc1ccc(O)c(O)c1CCc1cccc(O)c1. The van der Waals surface area contributed by atoms with Crippen LogP contribution in [-0.4, -0.2) is 41.5 Å². The van der Waals surface area contributed by atoms with Gasteiger partial charge in [0.05, 0.1) is 0 Å². The van der Waals surface area contributed by atoms with E-state index in [0.717, 1.165) is 68.6 Å².